The Morgan fingerprint density at radius 3 is 2.31 bits per heavy atom. The molecule has 1 heterocycles. The Bertz CT molecular complexity index is 691. The molecule has 0 saturated heterocycles. The fourth-order valence-electron chi connectivity index (χ4n) is 6.04. The lowest BCUT2D eigenvalue weighted by Crippen LogP contribution is -2.54. The topological polar surface area (TPSA) is 84.2 Å². The minimum atomic E-state index is -0.263. The SMILES string of the molecule is CCC(NC(=O)C12CC3CC(CC(C3)C1)C2)c1cc(C)c(C(=O)NN)s1. The summed E-state index contributed by atoms with van der Waals surface area (Å²) in [5.74, 6) is 7.55. The van der Waals surface area contributed by atoms with Crippen molar-refractivity contribution in [2.75, 3.05) is 0 Å². The van der Waals surface area contributed by atoms with Crippen molar-refractivity contribution in [3.05, 3.63) is 21.4 Å². The summed E-state index contributed by atoms with van der Waals surface area (Å²) < 4.78 is 0. The van der Waals surface area contributed by atoms with Gasteiger partial charge in [-0.3, -0.25) is 15.0 Å². The van der Waals surface area contributed by atoms with Crippen LogP contribution < -0.4 is 16.6 Å². The van der Waals surface area contributed by atoms with Gasteiger partial charge in [0.1, 0.15) is 0 Å². The van der Waals surface area contributed by atoms with Gasteiger partial charge in [0.05, 0.1) is 10.9 Å². The molecular formula is C20H29N3O2S. The minimum absolute atomic E-state index is 0.0291. The molecule has 4 bridgehead atoms. The second-order valence-electron chi connectivity index (χ2n) is 8.77. The number of hydrogen-bond acceptors (Lipinski definition) is 4. The largest absolute Gasteiger partial charge is 0.348 e. The summed E-state index contributed by atoms with van der Waals surface area (Å²) in [5, 5.41) is 3.35. The van der Waals surface area contributed by atoms with Crippen LogP contribution in [0.2, 0.25) is 0 Å². The third-order valence-corrected chi connectivity index (χ3v) is 8.20. The average Bonchev–Trinajstić information content (AvgIpc) is 2.99. The van der Waals surface area contributed by atoms with Crippen LogP contribution in [0.3, 0.4) is 0 Å². The second-order valence-corrected chi connectivity index (χ2v) is 9.85. The van der Waals surface area contributed by atoms with Gasteiger partial charge in [-0.15, -0.1) is 11.3 Å². The molecule has 4 fully saturated rings. The Morgan fingerprint density at radius 2 is 1.81 bits per heavy atom. The van der Waals surface area contributed by atoms with E-state index in [4.69, 9.17) is 5.84 Å². The van der Waals surface area contributed by atoms with Gasteiger partial charge >= 0.3 is 0 Å². The maximum atomic E-state index is 13.3. The Balaban J connectivity index is 1.52. The molecule has 5 nitrogen and oxygen atoms in total. The van der Waals surface area contributed by atoms with Gasteiger partial charge in [-0.25, -0.2) is 5.84 Å². The zero-order valence-corrected chi connectivity index (χ0v) is 16.5. The second kappa shape index (κ2) is 6.64. The number of aryl methyl sites for hydroxylation is 1. The smallest absolute Gasteiger partial charge is 0.275 e. The van der Waals surface area contributed by atoms with Gasteiger partial charge in [-0.05, 0) is 81.3 Å². The Morgan fingerprint density at radius 1 is 1.23 bits per heavy atom. The van der Waals surface area contributed by atoms with E-state index in [1.807, 2.05) is 13.0 Å². The normalized spacial score (nSPS) is 33.1. The van der Waals surface area contributed by atoms with Crippen molar-refractivity contribution >= 4 is 23.2 Å². The van der Waals surface area contributed by atoms with Crippen LogP contribution in [0.15, 0.2) is 6.07 Å². The van der Waals surface area contributed by atoms with E-state index in [0.717, 1.165) is 53.9 Å². The van der Waals surface area contributed by atoms with E-state index in [2.05, 4.69) is 17.7 Å². The molecular weight excluding hydrogens is 346 g/mol. The number of carbonyl (C=O) groups is 2. The van der Waals surface area contributed by atoms with Crippen molar-refractivity contribution < 1.29 is 9.59 Å². The van der Waals surface area contributed by atoms with Crippen molar-refractivity contribution in [2.45, 2.75) is 64.8 Å². The number of thiophene rings is 1. The van der Waals surface area contributed by atoms with Gasteiger partial charge in [0, 0.05) is 10.3 Å². The van der Waals surface area contributed by atoms with Crippen molar-refractivity contribution in [3.63, 3.8) is 0 Å². The number of hydrogen-bond donors (Lipinski definition) is 3. The van der Waals surface area contributed by atoms with Crippen molar-refractivity contribution in [1.82, 2.24) is 10.7 Å². The molecule has 26 heavy (non-hydrogen) atoms. The molecule has 0 aliphatic heterocycles. The van der Waals surface area contributed by atoms with Crippen LogP contribution in [0.5, 0.6) is 0 Å². The molecule has 4 N–H and O–H groups in total. The third kappa shape index (κ3) is 2.97. The molecule has 0 radical (unpaired) electrons. The van der Waals surface area contributed by atoms with Crippen LogP contribution in [0, 0.1) is 30.1 Å². The molecule has 0 spiro atoms. The van der Waals surface area contributed by atoms with Gasteiger partial charge in [-0.2, -0.15) is 0 Å². The lowest BCUT2D eigenvalue weighted by atomic mass is 9.49. The highest BCUT2D eigenvalue weighted by Crippen LogP contribution is 2.60. The molecule has 0 aromatic carbocycles. The molecule has 2 amide bonds. The average molecular weight is 376 g/mol. The predicted molar refractivity (Wildman–Crippen MR) is 102 cm³/mol. The third-order valence-electron chi connectivity index (χ3n) is 6.85. The monoisotopic (exact) mass is 375 g/mol. The lowest BCUT2D eigenvalue weighted by molar-refractivity contribution is -0.147. The maximum absolute atomic E-state index is 13.3. The number of nitrogens with one attached hydrogen (secondary N) is 2. The van der Waals surface area contributed by atoms with Gasteiger partial charge in [0.2, 0.25) is 5.91 Å². The summed E-state index contributed by atoms with van der Waals surface area (Å²) in [4.78, 5) is 26.9. The van der Waals surface area contributed by atoms with Gasteiger partial charge in [0.15, 0.2) is 0 Å². The summed E-state index contributed by atoms with van der Waals surface area (Å²) in [6, 6.07) is 1.99. The van der Waals surface area contributed by atoms with Crippen LogP contribution in [0.4, 0.5) is 0 Å². The number of carbonyl (C=O) groups excluding carboxylic acids is 2. The molecule has 4 aliphatic rings. The van der Waals surface area contributed by atoms with E-state index in [1.54, 1.807) is 0 Å². The molecule has 4 aliphatic carbocycles. The zero-order valence-electron chi connectivity index (χ0n) is 15.6. The number of nitrogens with two attached hydrogens (primary N) is 1. The summed E-state index contributed by atoms with van der Waals surface area (Å²) in [6.07, 6.45) is 8.06. The number of nitrogen functional groups attached to an aromatic ring is 1. The zero-order chi connectivity index (χ0) is 18.5. The Kier molecular flexibility index (Phi) is 4.59. The molecule has 1 aromatic heterocycles. The van der Waals surface area contributed by atoms with Gasteiger partial charge in [-0.1, -0.05) is 6.92 Å². The first-order valence-corrected chi connectivity index (χ1v) is 10.7. The van der Waals surface area contributed by atoms with E-state index in [9.17, 15) is 9.59 Å². The van der Waals surface area contributed by atoms with Crippen molar-refractivity contribution in [3.8, 4) is 0 Å². The quantitative estimate of drug-likeness (QED) is 0.419. The van der Waals surface area contributed by atoms with E-state index in [0.29, 0.717) is 4.88 Å². The lowest BCUT2D eigenvalue weighted by Gasteiger charge is -2.55. The molecule has 5 rings (SSSR count). The Hall–Kier alpha value is -1.40. The van der Waals surface area contributed by atoms with Crippen molar-refractivity contribution in [2.24, 2.45) is 29.0 Å². The number of rotatable bonds is 5. The van der Waals surface area contributed by atoms with E-state index >= 15 is 0 Å². The number of hydrazine groups is 1. The van der Waals surface area contributed by atoms with E-state index < -0.39 is 0 Å². The van der Waals surface area contributed by atoms with Crippen LogP contribution in [0.1, 0.15) is 78.0 Å². The maximum Gasteiger partial charge on any atom is 0.275 e. The summed E-state index contributed by atoms with van der Waals surface area (Å²) in [5.41, 5.74) is 2.99. The number of amides is 2. The predicted octanol–water partition coefficient (Wildman–Crippen LogP) is 3.44. The summed E-state index contributed by atoms with van der Waals surface area (Å²) in [7, 11) is 0. The molecule has 1 atom stereocenters. The summed E-state index contributed by atoms with van der Waals surface area (Å²) >= 11 is 1.44. The van der Waals surface area contributed by atoms with Crippen LogP contribution in [0.25, 0.3) is 0 Å². The van der Waals surface area contributed by atoms with Gasteiger partial charge in [0.25, 0.3) is 5.91 Å². The van der Waals surface area contributed by atoms with Gasteiger partial charge < -0.3 is 5.32 Å². The first kappa shape index (κ1) is 18.0. The van der Waals surface area contributed by atoms with Crippen LogP contribution >= 0.6 is 11.3 Å². The highest BCUT2D eigenvalue weighted by atomic mass is 32.1. The van der Waals surface area contributed by atoms with E-state index in [1.165, 1.54) is 30.6 Å². The highest BCUT2D eigenvalue weighted by molar-refractivity contribution is 7.14. The Labute approximate surface area is 159 Å². The first-order valence-electron chi connectivity index (χ1n) is 9.86. The first-order chi connectivity index (χ1) is 12.4. The van der Waals surface area contributed by atoms with Crippen LogP contribution in [-0.2, 0) is 4.79 Å². The highest BCUT2D eigenvalue weighted by Gasteiger charge is 2.54. The minimum Gasteiger partial charge on any atom is -0.348 e. The van der Waals surface area contributed by atoms with E-state index in [-0.39, 0.29) is 23.3 Å². The molecule has 6 heteroatoms. The summed E-state index contributed by atoms with van der Waals surface area (Å²) in [6.45, 7) is 4.00. The molecule has 4 saturated carbocycles. The van der Waals surface area contributed by atoms with Crippen LogP contribution in [-0.4, -0.2) is 11.8 Å². The van der Waals surface area contributed by atoms with Crippen molar-refractivity contribution in [1.29, 1.82) is 0 Å². The molecule has 142 valence electrons. The molecule has 1 unspecified atom stereocenters. The fraction of sp³-hybridized carbons (Fsp3) is 0.700. The standard InChI is InChI=1S/C20H29N3O2S/c1-3-15(16-4-11(2)17(26-16)18(24)23-21)22-19(25)20-8-12-5-13(9-20)7-14(6-12)10-20/h4,12-15H,3,5-10,21H2,1-2H3,(H,22,25)(H,23,24). The fourth-order valence-corrected chi connectivity index (χ4v) is 7.25. The molecule has 1 aromatic rings.